The van der Waals surface area contributed by atoms with E-state index in [1.807, 2.05) is 24.3 Å². The molecule has 1 amide bonds. The van der Waals surface area contributed by atoms with E-state index in [1.165, 1.54) is 12.1 Å². The summed E-state index contributed by atoms with van der Waals surface area (Å²) in [5.41, 5.74) is 1.70. The fourth-order valence-electron chi connectivity index (χ4n) is 1.87. The van der Waals surface area contributed by atoms with Crippen LogP contribution in [-0.4, -0.2) is 5.91 Å². The smallest absolute Gasteiger partial charge is 0.220 e. The average molecular weight is 292 g/mol. The lowest BCUT2D eigenvalue weighted by Crippen LogP contribution is -2.23. The minimum Gasteiger partial charge on any atom is -0.352 e. The maximum Gasteiger partial charge on any atom is 0.220 e. The summed E-state index contributed by atoms with van der Waals surface area (Å²) in [4.78, 5) is 11.7. The van der Waals surface area contributed by atoms with Crippen LogP contribution >= 0.6 is 11.6 Å². The van der Waals surface area contributed by atoms with Gasteiger partial charge in [-0.2, -0.15) is 0 Å². The van der Waals surface area contributed by atoms with Gasteiger partial charge in [-0.25, -0.2) is 4.39 Å². The number of hydrogen-bond donors (Lipinski definition) is 1. The van der Waals surface area contributed by atoms with Crippen molar-refractivity contribution in [1.29, 1.82) is 0 Å². The molecular formula is C16H15ClFNO. The van der Waals surface area contributed by atoms with Gasteiger partial charge in [-0.05, 0) is 35.7 Å². The number of rotatable bonds is 5. The van der Waals surface area contributed by atoms with Gasteiger partial charge in [0.25, 0.3) is 0 Å². The van der Waals surface area contributed by atoms with Crippen molar-refractivity contribution in [3.8, 4) is 0 Å². The number of halogens is 2. The molecule has 0 atom stereocenters. The Morgan fingerprint density at radius 3 is 2.70 bits per heavy atom. The van der Waals surface area contributed by atoms with Gasteiger partial charge in [-0.1, -0.05) is 41.9 Å². The molecule has 0 spiro atoms. The summed E-state index contributed by atoms with van der Waals surface area (Å²) in [5.74, 6) is -0.354. The molecule has 0 fully saturated rings. The third-order valence-corrected chi connectivity index (χ3v) is 3.33. The van der Waals surface area contributed by atoms with Crippen LogP contribution in [0.25, 0.3) is 0 Å². The van der Waals surface area contributed by atoms with E-state index >= 15 is 0 Å². The van der Waals surface area contributed by atoms with Gasteiger partial charge in [0.1, 0.15) is 5.82 Å². The fourth-order valence-corrected chi connectivity index (χ4v) is 2.08. The van der Waals surface area contributed by atoms with Gasteiger partial charge < -0.3 is 5.32 Å². The summed E-state index contributed by atoms with van der Waals surface area (Å²) in [7, 11) is 0. The van der Waals surface area contributed by atoms with Gasteiger partial charge in [-0.3, -0.25) is 4.79 Å². The van der Waals surface area contributed by atoms with E-state index < -0.39 is 0 Å². The van der Waals surface area contributed by atoms with Crippen LogP contribution in [0, 0.1) is 5.82 Å². The summed E-state index contributed by atoms with van der Waals surface area (Å²) in [6, 6.07) is 13.7. The predicted molar refractivity (Wildman–Crippen MR) is 78.0 cm³/mol. The van der Waals surface area contributed by atoms with Crippen LogP contribution in [0.15, 0.2) is 48.5 Å². The molecule has 1 N–H and O–H groups in total. The molecular weight excluding hydrogens is 277 g/mol. The molecule has 2 aromatic carbocycles. The molecule has 4 heteroatoms. The van der Waals surface area contributed by atoms with Gasteiger partial charge in [0.2, 0.25) is 5.91 Å². The second-order valence-corrected chi connectivity index (χ2v) is 4.91. The van der Waals surface area contributed by atoms with Crippen LogP contribution in [0.2, 0.25) is 5.02 Å². The molecule has 2 rings (SSSR count). The number of carbonyl (C=O) groups excluding carboxylic acids is 1. The van der Waals surface area contributed by atoms with Gasteiger partial charge in [0, 0.05) is 18.0 Å². The molecule has 0 saturated heterocycles. The minimum absolute atomic E-state index is 0.0748. The SMILES string of the molecule is O=C(CCc1cccc(F)c1)NCc1ccccc1Cl. The molecule has 0 bridgehead atoms. The maximum absolute atomic E-state index is 13.0. The number of nitrogens with one attached hydrogen (secondary N) is 1. The van der Waals surface area contributed by atoms with E-state index in [0.29, 0.717) is 24.4 Å². The van der Waals surface area contributed by atoms with E-state index in [-0.39, 0.29) is 11.7 Å². The first-order valence-corrected chi connectivity index (χ1v) is 6.77. The van der Waals surface area contributed by atoms with E-state index in [0.717, 1.165) is 11.1 Å². The fraction of sp³-hybridized carbons (Fsp3) is 0.188. The molecule has 0 unspecified atom stereocenters. The second-order valence-electron chi connectivity index (χ2n) is 4.50. The van der Waals surface area contributed by atoms with Crippen LogP contribution in [-0.2, 0) is 17.8 Å². The third kappa shape index (κ3) is 4.35. The zero-order valence-electron chi connectivity index (χ0n) is 10.9. The molecule has 20 heavy (non-hydrogen) atoms. The number of benzene rings is 2. The highest BCUT2D eigenvalue weighted by molar-refractivity contribution is 6.31. The lowest BCUT2D eigenvalue weighted by molar-refractivity contribution is -0.121. The van der Waals surface area contributed by atoms with Crippen LogP contribution in [0.5, 0.6) is 0 Å². The Labute approximate surface area is 122 Å². The van der Waals surface area contributed by atoms with E-state index in [2.05, 4.69) is 5.32 Å². The summed E-state index contributed by atoms with van der Waals surface area (Å²) < 4.78 is 13.0. The molecule has 0 aromatic heterocycles. The lowest BCUT2D eigenvalue weighted by atomic mass is 10.1. The largest absolute Gasteiger partial charge is 0.352 e. The Morgan fingerprint density at radius 1 is 1.15 bits per heavy atom. The molecule has 0 saturated carbocycles. The number of hydrogen-bond acceptors (Lipinski definition) is 1. The molecule has 2 nitrogen and oxygen atoms in total. The van der Waals surface area contributed by atoms with Crippen molar-refractivity contribution in [2.75, 3.05) is 0 Å². The first-order chi connectivity index (χ1) is 9.65. The Kier molecular flexibility index (Phi) is 5.13. The van der Waals surface area contributed by atoms with Crippen molar-refractivity contribution >= 4 is 17.5 Å². The number of amides is 1. The summed E-state index contributed by atoms with van der Waals surface area (Å²) >= 11 is 6.01. The topological polar surface area (TPSA) is 29.1 Å². The van der Waals surface area contributed by atoms with Crippen molar-refractivity contribution in [3.63, 3.8) is 0 Å². The van der Waals surface area contributed by atoms with Crippen LogP contribution in [0.4, 0.5) is 4.39 Å². The maximum atomic E-state index is 13.0. The zero-order valence-corrected chi connectivity index (χ0v) is 11.7. The Morgan fingerprint density at radius 2 is 1.95 bits per heavy atom. The van der Waals surface area contributed by atoms with Crippen molar-refractivity contribution in [1.82, 2.24) is 5.32 Å². The second kappa shape index (κ2) is 7.06. The van der Waals surface area contributed by atoms with E-state index in [9.17, 15) is 9.18 Å². The zero-order chi connectivity index (χ0) is 14.4. The highest BCUT2D eigenvalue weighted by Crippen LogP contribution is 2.14. The molecule has 0 aliphatic rings. The molecule has 2 aromatic rings. The van der Waals surface area contributed by atoms with E-state index in [4.69, 9.17) is 11.6 Å². The highest BCUT2D eigenvalue weighted by atomic mass is 35.5. The van der Waals surface area contributed by atoms with Crippen molar-refractivity contribution in [3.05, 3.63) is 70.5 Å². The number of carbonyl (C=O) groups is 1. The number of aryl methyl sites for hydroxylation is 1. The first kappa shape index (κ1) is 14.5. The first-order valence-electron chi connectivity index (χ1n) is 6.40. The van der Waals surface area contributed by atoms with Gasteiger partial charge in [0.15, 0.2) is 0 Å². The van der Waals surface area contributed by atoms with Crippen molar-refractivity contribution in [2.24, 2.45) is 0 Å². The Balaban J connectivity index is 1.80. The molecule has 104 valence electrons. The van der Waals surface area contributed by atoms with E-state index in [1.54, 1.807) is 12.1 Å². The van der Waals surface area contributed by atoms with Crippen molar-refractivity contribution < 1.29 is 9.18 Å². The van der Waals surface area contributed by atoms with Gasteiger partial charge in [-0.15, -0.1) is 0 Å². The quantitative estimate of drug-likeness (QED) is 0.893. The van der Waals surface area contributed by atoms with Crippen LogP contribution < -0.4 is 5.32 Å². The summed E-state index contributed by atoms with van der Waals surface area (Å²) in [5, 5.41) is 3.44. The highest BCUT2D eigenvalue weighted by Gasteiger charge is 2.04. The predicted octanol–water partition coefficient (Wildman–Crippen LogP) is 3.73. The van der Waals surface area contributed by atoms with Crippen LogP contribution in [0.3, 0.4) is 0 Å². The third-order valence-electron chi connectivity index (χ3n) is 2.96. The Bertz CT molecular complexity index is 601. The monoisotopic (exact) mass is 291 g/mol. The van der Waals surface area contributed by atoms with Gasteiger partial charge in [0.05, 0.1) is 0 Å². The van der Waals surface area contributed by atoms with Gasteiger partial charge >= 0.3 is 0 Å². The molecule has 0 aliphatic carbocycles. The average Bonchev–Trinajstić information content (AvgIpc) is 2.44. The summed E-state index contributed by atoms with van der Waals surface area (Å²) in [6.07, 6.45) is 0.847. The minimum atomic E-state index is -0.279. The normalized spacial score (nSPS) is 10.3. The Hall–Kier alpha value is -1.87. The van der Waals surface area contributed by atoms with Crippen LogP contribution in [0.1, 0.15) is 17.5 Å². The molecule has 0 aliphatic heterocycles. The van der Waals surface area contributed by atoms with Crippen molar-refractivity contribution in [2.45, 2.75) is 19.4 Å². The molecule has 0 heterocycles. The standard InChI is InChI=1S/C16H15ClFNO/c17-15-7-2-1-5-13(15)11-19-16(20)9-8-12-4-3-6-14(18)10-12/h1-7,10H,8-9,11H2,(H,19,20). The molecule has 0 radical (unpaired) electrons. The lowest BCUT2D eigenvalue weighted by Gasteiger charge is -2.07. The summed E-state index contributed by atoms with van der Waals surface area (Å²) in [6.45, 7) is 0.404.